The second-order valence-corrected chi connectivity index (χ2v) is 11.3. The predicted octanol–water partition coefficient (Wildman–Crippen LogP) is 2.48. The average Bonchev–Trinajstić information content (AvgIpc) is 3.18. The fraction of sp³-hybridized carbons (Fsp3) is 0.375. The molecule has 2 aliphatic rings. The molecule has 1 saturated heterocycles. The van der Waals surface area contributed by atoms with Gasteiger partial charge in [-0.2, -0.15) is 0 Å². The Morgan fingerprint density at radius 1 is 1.26 bits per heavy atom. The number of fused-ring (bicyclic) bond motifs is 4. The maximum Gasteiger partial charge on any atom is 0.293 e. The molecule has 10 heteroatoms. The van der Waals surface area contributed by atoms with Crippen molar-refractivity contribution in [2.45, 2.75) is 32.7 Å². The molecule has 34 heavy (non-hydrogen) atoms. The standard InChI is InChI=1S/C24H24BrN3O5S/c1-14(30)16-9-22-23-19(11-28(22)24(31)20(16)12-33-13-29)18(10-27-4-6-34(32)7-5-27)17-8-15(25)2-3-21(17)26-23/h2-3,8-9,13-14,30H,4-7,10-12H2,1H3. The Kier molecular flexibility index (Phi) is 6.41. The van der Waals surface area contributed by atoms with E-state index < -0.39 is 16.9 Å². The molecule has 8 nitrogen and oxygen atoms in total. The van der Waals surface area contributed by atoms with Gasteiger partial charge in [-0.15, -0.1) is 0 Å². The normalized spacial score (nSPS) is 16.9. The van der Waals surface area contributed by atoms with Gasteiger partial charge in [0.25, 0.3) is 12.0 Å². The largest absolute Gasteiger partial charge is 0.463 e. The van der Waals surface area contributed by atoms with Crippen LogP contribution in [-0.2, 0) is 40.0 Å². The van der Waals surface area contributed by atoms with Gasteiger partial charge in [0.1, 0.15) is 6.61 Å². The summed E-state index contributed by atoms with van der Waals surface area (Å²) in [5.74, 6) is 1.32. The topological polar surface area (TPSA) is 102 Å². The van der Waals surface area contributed by atoms with Crippen LogP contribution in [0, 0.1) is 0 Å². The molecule has 5 rings (SSSR count). The maximum atomic E-state index is 13.4. The van der Waals surface area contributed by atoms with E-state index in [1.807, 2.05) is 12.1 Å². The number of aliphatic hydroxyl groups excluding tert-OH is 1. The Morgan fingerprint density at radius 2 is 2.03 bits per heavy atom. The zero-order valence-corrected chi connectivity index (χ0v) is 21.0. The summed E-state index contributed by atoms with van der Waals surface area (Å²) in [6.45, 7) is 4.22. The molecule has 1 N–H and O–H groups in total. The van der Waals surface area contributed by atoms with E-state index >= 15 is 0 Å². The molecule has 4 heterocycles. The van der Waals surface area contributed by atoms with Crippen molar-refractivity contribution < 1.29 is 18.8 Å². The number of aromatic nitrogens is 2. The Labute approximate surface area is 207 Å². The Balaban J connectivity index is 1.69. The highest BCUT2D eigenvalue weighted by atomic mass is 79.9. The van der Waals surface area contributed by atoms with Crippen molar-refractivity contribution in [2.24, 2.45) is 0 Å². The summed E-state index contributed by atoms with van der Waals surface area (Å²) in [4.78, 5) is 31.4. The lowest BCUT2D eigenvalue weighted by Crippen LogP contribution is -2.37. The van der Waals surface area contributed by atoms with Gasteiger partial charge in [-0.05, 0) is 42.3 Å². The third kappa shape index (κ3) is 4.13. The average molecular weight is 546 g/mol. The van der Waals surface area contributed by atoms with Crippen LogP contribution in [0.3, 0.4) is 0 Å². The summed E-state index contributed by atoms with van der Waals surface area (Å²) in [6, 6.07) is 7.74. The van der Waals surface area contributed by atoms with Crippen LogP contribution in [0.5, 0.6) is 0 Å². The van der Waals surface area contributed by atoms with Crippen LogP contribution in [0.1, 0.15) is 35.3 Å². The van der Waals surface area contributed by atoms with Crippen LogP contribution in [-0.4, -0.2) is 54.8 Å². The van der Waals surface area contributed by atoms with Crippen molar-refractivity contribution in [1.29, 1.82) is 0 Å². The van der Waals surface area contributed by atoms with E-state index in [2.05, 4.69) is 26.9 Å². The van der Waals surface area contributed by atoms with E-state index in [1.54, 1.807) is 17.6 Å². The molecule has 0 amide bonds. The van der Waals surface area contributed by atoms with Crippen LogP contribution < -0.4 is 5.56 Å². The van der Waals surface area contributed by atoms with E-state index in [0.717, 1.165) is 45.3 Å². The zero-order valence-electron chi connectivity index (χ0n) is 18.6. The summed E-state index contributed by atoms with van der Waals surface area (Å²) in [5, 5.41) is 11.4. The number of benzene rings is 1. The number of pyridine rings is 2. The van der Waals surface area contributed by atoms with Crippen molar-refractivity contribution in [3.8, 4) is 11.4 Å². The molecule has 2 aromatic heterocycles. The molecular weight excluding hydrogens is 522 g/mol. The number of halogens is 1. The second-order valence-electron chi connectivity index (χ2n) is 8.64. The van der Waals surface area contributed by atoms with Crippen molar-refractivity contribution in [3.05, 3.63) is 61.3 Å². The molecule has 0 saturated carbocycles. The first-order valence-corrected chi connectivity index (χ1v) is 13.3. The number of carbonyl (C=O) groups is 1. The quantitative estimate of drug-likeness (QED) is 0.371. The number of rotatable bonds is 6. The Hall–Kier alpha value is -2.40. The molecule has 1 aromatic carbocycles. The van der Waals surface area contributed by atoms with E-state index in [-0.39, 0.29) is 17.7 Å². The van der Waals surface area contributed by atoms with Gasteiger partial charge in [0.15, 0.2) is 0 Å². The molecule has 0 aliphatic carbocycles. The summed E-state index contributed by atoms with van der Waals surface area (Å²) < 4.78 is 19.3. The first-order valence-electron chi connectivity index (χ1n) is 11.1. The highest BCUT2D eigenvalue weighted by Crippen LogP contribution is 2.38. The molecule has 0 spiro atoms. The van der Waals surface area contributed by atoms with Crippen molar-refractivity contribution in [1.82, 2.24) is 14.5 Å². The molecule has 2 aliphatic heterocycles. The minimum atomic E-state index is -0.905. The monoisotopic (exact) mass is 545 g/mol. The third-order valence-electron chi connectivity index (χ3n) is 6.56. The van der Waals surface area contributed by atoms with Crippen LogP contribution in [0.2, 0.25) is 0 Å². The minimum Gasteiger partial charge on any atom is -0.463 e. The number of ether oxygens (including phenoxy) is 1. The number of aliphatic hydroxyl groups is 1. The van der Waals surface area contributed by atoms with Gasteiger partial charge in [0.05, 0.1) is 35.1 Å². The van der Waals surface area contributed by atoms with Gasteiger partial charge in [0, 0.05) is 57.4 Å². The van der Waals surface area contributed by atoms with Gasteiger partial charge in [-0.1, -0.05) is 15.9 Å². The van der Waals surface area contributed by atoms with Crippen LogP contribution in [0.15, 0.2) is 33.5 Å². The number of nitrogens with zero attached hydrogens (tertiary/aromatic N) is 3. The number of hydrogen-bond acceptors (Lipinski definition) is 7. The van der Waals surface area contributed by atoms with Gasteiger partial charge in [0.2, 0.25) is 0 Å². The Bertz CT molecular complexity index is 1380. The number of hydrogen-bond donors (Lipinski definition) is 1. The summed E-state index contributed by atoms with van der Waals surface area (Å²) in [5.41, 5.74) is 4.68. The molecular formula is C24H24BrN3O5S. The highest BCUT2D eigenvalue weighted by Gasteiger charge is 2.30. The van der Waals surface area contributed by atoms with Crippen molar-refractivity contribution in [2.75, 3.05) is 24.6 Å². The second kappa shape index (κ2) is 9.33. The molecule has 1 fully saturated rings. The van der Waals surface area contributed by atoms with E-state index in [9.17, 15) is 18.9 Å². The van der Waals surface area contributed by atoms with Gasteiger partial charge >= 0.3 is 0 Å². The molecule has 3 aromatic rings. The molecule has 0 bridgehead atoms. The lowest BCUT2D eigenvalue weighted by atomic mass is 9.99. The van der Waals surface area contributed by atoms with E-state index in [4.69, 9.17) is 9.72 Å². The molecule has 1 atom stereocenters. The van der Waals surface area contributed by atoms with E-state index in [1.165, 1.54) is 0 Å². The molecule has 1 unspecified atom stereocenters. The zero-order chi connectivity index (χ0) is 24.0. The first-order chi connectivity index (χ1) is 16.4. The fourth-order valence-corrected chi connectivity index (χ4v) is 6.30. The fourth-order valence-electron chi connectivity index (χ4n) is 4.82. The smallest absolute Gasteiger partial charge is 0.293 e. The summed E-state index contributed by atoms with van der Waals surface area (Å²) >= 11 is 3.57. The molecule has 178 valence electrons. The van der Waals surface area contributed by atoms with E-state index in [0.29, 0.717) is 42.3 Å². The number of carbonyl (C=O) groups excluding carboxylic acids is 1. The van der Waals surface area contributed by atoms with Crippen LogP contribution >= 0.6 is 15.9 Å². The third-order valence-corrected chi connectivity index (χ3v) is 8.33. The van der Waals surface area contributed by atoms with Crippen LogP contribution in [0.25, 0.3) is 22.3 Å². The van der Waals surface area contributed by atoms with Crippen LogP contribution in [0.4, 0.5) is 0 Å². The molecule has 0 radical (unpaired) electrons. The maximum absolute atomic E-state index is 13.4. The lowest BCUT2D eigenvalue weighted by Gasteiger charge is -2.27. The van der Waals surface area contributed by atoms with Crippen molar-refractivity contribution in [3.63, 3.8) is 0 Å². The SMILES string of the molecule is CC(O)c1cc2n(c(=O)c1COC=O)Cc1c-2nc2ccc(Br)cc2c1CN1CCS(=O)CC1. The highest BCUT2D eigenvalue weighted by molar-refractivity contribution is 9.10. The summed E-state index contributed by atoms with van der Waals surface area (Å²) in [6.07, 6.45) is -0.905. The van der Waals surface area contributed by atoms with Gasteiger partial charge in [-0.25, -0.2) is 4.98 Å². The Morgan fingerprint density at radius 3 is 2.74 bits per heavy atom. The van der Waals surface area contributed by atoms with Crippen molar-refractivity contribution >= 4 is 44.1 Å². The summed E-state index contributed by atoms with van der Waals surface area (Å²) in [7, 11) is -0.765. The van der Waals surface area contributed by atoms with Gasteiger partial charge < -0.3 is 14.4 Å². The lowest BCUT2D eigenvalue weighted by molar-refractivity contribution is -0.129. The predicted molar refractivity (Wildman–Crippen MR) is 133 cm³/mol. The minimum absolute atomic E-state index is 0.195. The van der Waals surface area contributed by atoms with Gasteiger partial charge in [-0.3, -0.25) is 18.7 Å². The first kappa shape index (κ1) is 23.3.